The second-order valence-corrected chi connectivity index (χ2v) is 22.9. The molecule has 3 N–H and O–H groups in total. The molecule has 4 fully saturated rings. The van der Waals surface area contributed by atoms with Crippen molar-refractivity contribution in [1.29, 1.82) is 0 Å². The maximum atomic E-state index is 13.5. The second-order valence-electron chi connectivity index (χ2n) is 17.7. The van der Waals surface area contributed by atoms with Gasteiger partial charge in [-0.1, -0.05) is 50.6 Å². The van der Waals surface area contributed by atoms with Gasteiger partial charge in [0.05, 0.1) is 22.1 Å². The molecule has 58 heavy (non-hydrogen) atoms. The highest BCUT2D eigenvalue weighted by atomic mass is 35.5. The molecule has 3 saturated heterocycles. The highest BCUT2D eigenvalue weighted by molar-refractivity contribution is 8.17. The summed E-state index contributed by atoms with van der Waals surface area (Å²) >= 11 is 10.2. The van der Waals surface area contributed by atoms with Gasteiger partial charge in [-0.3, -0.25) is 9.69 Å². The Morgan fingerprint density at radius 1 is 1.00 bits per heavy atom. The Bertz CT molecular complexity index is 1890. The average Bonchev–Trinajstić information content (AvgIpc) is 3.35. The molecule has 7 atom stereocenters. The van der Waals surface area contributed by atoms with Gasteiger partial charge in [0.25, 0.3) is 5.91 Å². The summed E-state index contributed by atoms with van der Waals surface area (Å²) in [5, 5.41) is 16.0. The maximum absolute atomic E-state index is 13.5. The Balaban J connectivity index is 0.000000404. The zero-order valence-electron chi connectivity index (χ0n) is 33.6. The fourth-order valence-electron chi connectivity index (χ4n) is 10.4. The number of nitrogens with zero attached hydrogens (tertiary/aromatic N) is 2. The molecule has 7 aliphatic rings. The number of aliphatic hydroxyl groups is 1. The number of halogens is 1. The number of carbonyl (C=O) groups excluding carboxylic acids is 1. The Labute approximate surface area is 361 Å². The minimum atomic E-state index is -3.95. The third-order valence-corrected chi connectivity index (χ3v) is 19.5. The first-order valence-corrected chi connectivity index (χ1v) is 25.4. The van der Waals surface area contributed by atoms with Crippen molar-refractivity contribution in [2.75, 3.05) is 62.3 Å². The minimum absolute atomic E-state index is 0. The van der Waals surface area contributed by atoms with Crippen molar-refractivity contribution in [2.45, 2.75) is 112 Å². The lowest BCUT2D eigenvalue weighted by Gasteiger charge is -2.51. The Hall–Kier alpha value is -1.93. The molecule has 2 bridgehead atoms. The van der Waals surface area contributed by atoms with Crippen LogP contribution >= 0.6 is 35.1 Å². The number of rotatable bonds is 1. The molecule has 0 radical (unpaired) electrons. The molecule has 0 aromatic heterocycles. The first kappa shape index (κ1) is 44.1. The summed E-state index contributed by atoms with van der Waals surface area (Å²) in [7, 11) is -3.95. The molecule has 1 spiro atoms. The molecule has 0 unspecified atom stereocenters. The predicted molar refractivity (Wildman–Crippen MR) is 242 cm³/mol. The number of hydrogen-bond donors (Lipinski definition) is 3. The van der Waals surface area contributed by atoms with Crippen LogP contribution in [-0.2, 0) is 21.9 Å². The number of aryl methyl sites for hydroxylation is 1. The number of amides is 1. The molecule has 1 saturated carbocycles. The van der Waals surface area contributed by atoms with E-state index in [1.165, 1.54) is 56.6 Å². The number of anilines is 1. The van der Waals surface area contributed by atoms with E-state index in [4.69, 9.17) is 16.3 Å². The molecule has 5 aliphatic heterocycles. The van der Waals surface area contributed by atoms with E-state index in [2.05, 4.69) is 32.0 Å². The van der Waals surface area contributed by atoms with Gasteiger partial charge in [-0.25, -0.2) is 13.1 Å². The number of hydrogen-bond acceptors (Lipinski definition) is 10. The summed E-state index contributed by atoms with van der Waals surface area (Å²) in [6.07, 6.45) is 14.8. The van der Waals surface area contributed by atoms with E-state index in [-0.39, 0.29) is 40.7 Å². The third-order valence-electron chi connectivity index (χ3n) is 14.1. The SMILES string of the molecule is C.C1CCN2CCNC[C@H]2C1.C[C@@H]1[C@@H](C)C/C=C/[C@](O)(C2SCCCS2)[C@@H]2CC[C@H]2CN2C[C@@]3(CCCc4cc(Cl)ccc43)COc3ccc(cc32)C(=O)NS1(=O)=O. The smallest absolute Gasteiger partial charge is 0.264 e. The van der Waals surface area contributed by atoms with Crippen molar-refractivity contribution in [3.8, 4) is 5.75 Å². The average molecular weight is 874 g/mol. The van der Waals surface area contributed by atoms with Gasteiger partial charge in [0.2, 0.25) is 10.0 Å². The van der Waals surface area contributed by atoms with Crippen LogP contribution in [0, 0.1) is 17.8 Å². The normalized spacial score (nSPS) is 34.4. The van der Waals surface area contributed by atoms with Crippen molar-refractivity contribution < 1.29 is 23.1 Å². The van der Waals surface area contributed by atoms with E-state index in [0.717, 1.165) is 66.8 Å². The maximum Gasteiger partial charge on any atom is 0.264 e. The van der Waals surface area contributed by atoms with E-state index in [9.17, 15) is 18.3 Å². The van der Waals surface area contributed by atoms with Crippen LogP contribution in [0.25, 0.3) is 0 Å². The topological polar surface area (TPSA) is 111 Å². The van der Waals surface area contributed by atoms with E-state index in [1.54, 1.807) is 19.1 Å². The summed E-state index contributed by atoms with van der Waals surface area (Å²) in [5.41, 5.74) is 2.32. The number of fused-ring (bicyclic) bond motifs is 5. The van der Waals surface area contributed by atoms with Gasteiger partial charge in [0, 0.05) is 54.8 Å². The highest BCUT2D eigenvalue weighted by Crippen LogP contribution is 2.53. The monoisotopic (exact) mass is 872 g/mol. The molecular formula is C45H65ClN4O5S3. The van der Waals surface area contributed by atoms with Crippen LogP contribution < -0.4 is 19.7 Å². The lowest BCUT2D eigenvalue weighted by atomic mass is 9.64. The number of piperazine rings is 1. The number of benzene rings is 2. The molecule has 320 valence electrons. The number of piperidine rings is 1. The summed E-state index contributed by atoms with van der Waals surface area (Å²) in [4.78, 5) is 18.5. The minimum Gasteiger partial charge on any atom is -0.490 e. The van der Waals surface area contributed by atoms with Crippen LogP contribution in [-0.4, -0.2) is 103 Å². The van der Waals surface area contributed by atoms with Crippen LogP contribution in [0.3, 0.4) is 0 Å². The molecule has 5 heterocycles. The zero-order valence-corrected chi connectivity index (χ0v) is 36.8. The molecule has 1 amide bonds. The molecule has 9 nitrogen and oxygen atoms in total. The highest BCUT2D eigenvalue weighted by Gasteiger charge is 2.52. The van der Waals surface area contributed by atoms with Crippen molar-refractivity contribution in [3.63, 3.8) is 0 Å². The van der Waals surface area contributed by atoms with Crippen molar-refractivity contribution in [3.05, 3.63) is 70.3 Å². The largest absolute Gasteiger partial charge is 0.490 e. The van der Waals surface area contributed by atoms with Crippen LogP contribution in [0.2, 0.25) is 5.02 Å². The first-order valence-electron chi connectivity index (χ1n) is 21.4. The predicted octanol–water partition coefficient (Wildman–Crippen LogP) is 7.89. The van der Waals surface area contributed by atoms with Crippen LogP contribution in [0.4, 0.5) is 5.69 Å². The molecule has 13 heteroatoms. The van der Waals surface area contributed by atoms with Gasteiger partial charge < -0.3 is 20.1 Å². The van der Waals surface area contributed by atoms with Gasteiger partial charge in [-0.05, 0) is 142 Å². The summed E-state index contributed by atoms with van der Waals surface area (Å²) in [6, 6.07) is 12.4. The lowest BCUT2D eigenvalue weighted by molar-refractivity contribution is -0.0333. The molecular weight excluding hydrogens is 808 g/mol. The third kappa shape index (κ3) is 9.14. The van der Waals surface area contributed by atoms with Crippen molar-refractivity contribution >= 4 is 56.7 Å². The van der Waals surface area contributed by atoms with Crippen LogP contribution in [0.1, 0.15) is 101 Å². The zero-order chi connectivity index (χ0) is 39.8. The van der Waals surface area contributed by atoms with Gasteiger partial charge in [-0.2, -0.15) is 0 Å². The van der Waals surface area contributed by atoms with E-state index < -0.39 is 26.8 Å². The van der Waals surface area contributed by atoms with Gasteiger partial charge >= 0.3 is 0 Å². The quantitative estimate of drug-likeness (QED) is 0.245. The first-order chi connectivity index (χ1) is 27.5. The number of sulfonamides is 1. The Morgan fingerprint density at radius 2 is 1.83 bits per heavy atom. The number of carbonyl (C=O) groups is 1. The summed E-state index contributed by atoms with van der Waals surface area (Å²) in [6.45, 7) is 10.5. The fraction of sp³-hybridized carbons (Fsp3) is 0.667. The molecule has 9 rings (SSSR count). The van der Waals surface area contributed by atoms with Crippen LogP contribution in [0.5, 0.6) is 5.75 Å². The number of nitrogens with one attached hydrogen (secondary N) is 2. The van der Waals surface area contributed by atoms with Gasteiger partial charge in [0.15, 0.2) is 0 Å². The Kier molecular flexibility index (Phi) is 14.1. The van der Waals surface area contributed by atoms with Crippen molar-refractivity contribution in [1.82, 2.24) is 14.9 Å². The van der Waals surface area contributed by atoms with Crippen LogP contribution in [0.15, 0.2) is 48.6 Å². The van der Waals surface area contributed by atoms with Gasteiger partial charge in [0.1, 0.15) is 11.4 Å². The van der Waals surface area contributed by atoms with E-state index in [0.29, 0.717) is 31.9 Å². The fourth-order valence-corrected chi connectivity index (χ4v) is 15.1. The second kappa shape index (κ2) is 18.6. The van der Waals surface area contributed by atoms with E-state index in [1.807, 2.05) is 54.7 Å². The molecule has 2 aromatic rings. The number of ether oxygens (including phenoxy) is 1. The Morgan fingerprint density at radius 3 is 2.60 bits per heavy atom. The van der Waals surface area contributed by atoms with Gasteiger partial charge in [-0.15, -0.1) is 23.5 Å². The summed E-state index contributed by atoms with van der Waals surface area (Å²) < 4.78 is 35.9. The lowest BCUT2D eigenvalue weighted by Crippen LogP contribution is -2.55. The summed E-state index contributed by atoms with van der Waals surface area (Å²) in [5.74, 6) is 2.18. The standard InChI is InChI=1S/C36H45ClN2O5S3.C8H16N2.CH4/c1-23-6-3-15-36(41,34-45-16-5-17-46-34)30-11-8-27(30)20-39-21-35(14-4-7-25-18-28(37)10-12-29(25)35)22-44-32-13-9-26(19-31(32)39)33(40)38-47(42,43)24(23)2;1-2-5-10-6-4-9-7-8(10)3-1;/h3,9-10,12-13,15,18-19,23-24,27,30,34,41H,4-8,11,14,16-17,20-22H2,1-2H3,(H,38,40);8-9H,1-7H2;1H4/b15-3+;;/t23-,24+,27-,30+,35-,36+;8-;/m01./s1. The van der Waals surface area contributed by atoms with Crippen molar-refractivity contribution in [2.24, 2.45) is 17.8 Å². The number of allylic oxidation sites excluding steroid dienone is 1. The number of thioether (sulfide) groups is 2. The van der Waals surface area contributed by atoms with E-state index >= 15 is 0 Å². The molecule has 2 aromatic carbocycles. The molecule has 2 aliphatic carbocycles.